The Bertz CT molecular complexity index is 548. The molecule has 5 heteroatoms. The summed E-state index contributed by atoms with van der Waals surface area (Å²) < 4.78 is 6.35. The standard InChI is InChI=1S/C14H16IN3O/c1-16-13(10-4-3-5-11(15)6-10)7-12-8-14(19-2)18-9-17-12/h3-6,8-9,13,16H,7H2,1-2H3. The van der Waals surface area contributed by atoms with Gasteiger partial charge in [0.25, 0.3) is 0 Å². The first kappa shape index (κ1) is 14.2. The van der Waals surface area contributed by atoms with Crippen molar-refractivity contribution >= 4 is 22.6 Å². The summed E-state index contributed by atoms with van der Waals surface area (Å²) in [4.78, 5) is 8.31. The molecule has 0 aliphatic rings. The van der Waals surface area contributed by atoms with Crippen LogP contribution in [0.2, 0.25) is 0 Å². The Kier molecular flexibility index (Phi) is 5.09. The third-order valence-electron chi connectivity index (χ3n) is 2.92. The molecule has 0 saturated heterocycles. The van der Waals surface area contributed by atoms with E-state index in [4.69, 9.17) is 4.74 Å². The zero-order valence-corrected chi connectivity index (χ0v) is 13.1. The lowest BCUT2D eigenvalue weighted by atomic mass is 10.0. The molecule has 100 valence electrons. The topological polar surface area (TPSA) is 47.0 Å². The van der Waals surface area contributed by atoms with E-state index in [2.05, 4.69) is 62.1 Å². The number of rotatable bonds is 5. The number of aromatic nitrogens is 2. The minimum absolute atomic E-state index is 0.231. The van der Waals surface area contributed by atoms with Gasteiger partial charge in [0.05, 0.1) is 7.11 Å². The normalized spacial score (nSPS) is 12.2. The largest absolute Gasteiger partial charge is 0.481 e. The van der Waals surface area contributed by atoms with E-state index in [1.54, 1.807) is 7.11 Å². The van der Waals surface area contributed by atoms with E-state index in [1.165, 1.54) is 15.5 Å². The van der Waals surface area contributed by atoms with E-state index in [-0.39, 0.29) is 6.04 Å². The summed E-state index contributed by atoms with van der Waals surface area (Å²) in [6, 6.07) is 10.6. The molecule has 19 heavy (non-hydrogen) atoms. The van der Waals surface area contributed by atoms with E-state index in [0.29, 0.717) is 5.88 Å². The van der Waals surface area contributed by atoms with E-state index in [9.17, 15) is 0 Å². The molecular weight excluding hydrogens is 353 g/mol. The fourth-order valence-corrected chi connectivity index (χ4v) is 2.49. The minimum Gasteiger partial charge on any atom is -0.481 e. The summed E-state index contributed by atoms with van der Waals surface area (Å²) in [5, 5.41) is 3.33. The number of nitrogens with zero attached hydrogens (tertiary/aromatic N) is 2. The van der Waals surface area contributed by atoms with Crippen molar-refractivity contribution in [1.82, 2.24) is 15.3 Å². The molecule has 2 rings (SSSR count). The van der Waals surface area contributed by atoms with Gasteiger partial charge in [0, 0.05) is 27.8 Å². The van der Waals surface area contributed by atoms with Gasteiger partial charge in [0.1, 0.15) is 6.33 Å². The first-order valence-corrected chi connectivity index (χ1v) is 7.08. The molecule has 0 aliphatic carbocycles. The molecular formula is C14H16IN3O. The van der Waals surface area contributed by atoms with Crippen molar-refractivity contribution in [1.29, 1.82) is 0 Å². The maximum absolute atomic E-state index is 5.12. The Hall–Kier alpha value is -1.21. The Morgan fingerprint density at radius 3 is 2.84 bits per heavy atom. The number of halogens is 1. The van der Waals surface area contributed by atoms with E-state index < -0.39 is 0 Å². The van der Waals surface area contributed by atoms with Crippen molar-refractivity contribution in [2.24, 2.45) is 0 Å². The Labute approximate surface area is 126 Å². The van der Waals surface area contributed by atoms with E-state index in [1.807, 2.05) is 13.1 Å². The SMILES string of the molecule is CNC(Cc1cc(OC)ncn1)c1cccc(I)c1. The lowest BCUT2D eigenvalue weighted by Gasteiger charge is -2.16. The second kappa shape index (κ2) is 6.81. The Morgan fingerprint density at radius 1 is 1.32 bits per heavy atom. The quantitative estimate of drug-likeness (QED) is 0.824. The van der Waals surface area contributed by atoms with Crippen molar-refractivity contribution < 1.29 is 4.74 Å². The van der Waals surface area contributed by atoms with Gasteiger partial charge in [-0.1, -0.05) is 12.1 Å². The van der Waals surface area contributed by atoms with Crippen LogP contribution in [0.15, 0.2) is 36.7 Å². The highest BCUT2D eigenvalue weighted by molar-refractivity contribution is 14.1. The lowest BCUT2D eigenvalue weighted by Crippen LogP contribution is -2.19. The van der Waals surface area contributed by atoms with Crippen molar-refractivity contribution in [3.63, 3.8) is 0 Å². The molecule has 1 atom stereocenters. The number of hydrogen-bond donors (Lipinski definition) is 1. The van der Waals surface area contributed by atoms with Gasteiger partial charge in [-0.15, -0.1) is 0 Å². The molecule has 0 aliphatic heterocycles. The van der Waals surface area contributed by atoms with Gasteiger partial charge in [-0.05, 0) is 47.3 Å². The van der Waals surface area contributed by atoms with Crippen LogP contribution in [0.1, 0.15) is 17.3 Å². The molecule has 0 fully saturated rings. The molecule has 1 N–H and O–H groups in total. The van der Waals surface area contributed by atoms with Crippen LogP contribution >= 0.6 is 22.6 Å². The van der Waals surface area contributed by atoms with Crippen LogP contribution in [0, 0.1) is 3.57 Å². The fraction of sp³-hybridized carbons (Fsp3) is 0.286. The monoisotopic (exact) mass is 369 g/mol. The number of likely N-dealkylation sites (N-methyl/N-ethyl adjacent to an activating group) is 1. The van der Waals surface area contributed by atoms with Gasteiger partial charge in [-0.2, -0.15) is 0 Å². The predicted octanol–water partition coefficient (Wildman–Crippen LogP) is 2.59. The summed E-state index contributed by atoms with van der Waals surface area (Å²) >= 11 is 2.32. The molecule has 0 saturated carbocycles. The number of hydrogen-bond acceptors (Lipinski definition) is 4. The zero-order valence-electron chi connectivity index (χ0n) is 10.9. The van der Waals surface area contributed by atoms with Crippen molar-refractivity contribution in [2.45, 2.75) is 12.5 Å². The summed E-state index contributed by atoms with van der Waals surface area (Å²) in [6.07, 6.45) is 2.34. The smallest absolute Gasteiger partial charge is 0.216 e. The summed E-state index contributed by atoms with van der Waals surface area (Å²) in [7, 11) is 3.57. The first-order chi connectivity index (χ1) is 9.22. The van der Waals surface area contributed by atoms with Crippen LogP contribution in [0.5, 0.6) is 5.88 Å². The predicted molar refractivity (Wildman–Crippen MR) is 83.2 cm³/mol. The zero-order chi connectivity index (χ0) is 13.7. The van der Waals surface area contributed by atoms with Crippen LogP contribution in [0.4, 0.5) is 0 Å². The van der Waals surface area contributed by atoms with Crippen molar-refractivity contribution in [2.75, 3.05) is 14.2 Å². The summed E-state index contributed by atoms with van der Waals surface area (Å²) in [6.45, 7) is 0. The van der Waals surface area contributed by atoms with Gasteiger partial charge in [0.15, 0.2) is 0 Å². The first-order valence-electron chi connectivity index (χ1n) is 6.00. The third-order valence-corrected chi connectivity index (χ3v) is 3.59. The van der Waals surface area contributed by atoms with Crippen LogP contribution in [-0.4, -0.2) is 24.1 Å². The number of ether oxygens (including phenoxy) is 1. The average molecular weight is 369 g/mol. The van der Waals surface area contributed by atoms with E-state index in [0.717, 1.165) is 12.1 Å². The Balaban J connectivity index is 2.18. The van der Waals surface area contributed by atoms with Gasteiger partial charge >= 0.3 is 0 Å². The van der Waals surface area contributed by atoms with Crippen LogP contribution in [-0.2, 0) is 6.42 Å². The van der Waals surface area contributed by atoms with Crippen molar-refractivity contribution in [3.8, 4) is 5.88 Å². The van der Waals surface area contributed by atoms with Gasteiger partial charge < -0.3 is 10.1 Å². The molecule has 0 spiro atoms. The highest BCUT2D eigenvalue weighted by Gasteiger charge is 2.12. The highest BCUT2D eigenvalue weighted by atomic mass is 127. The molecule has 2 aromatic rings. The lowest BCUT2D eigenvalue weighted by molar-refractivity contribution is 0.395. The molecule has 0 bridgehead atoms. The van der Waals surface area contributed by atoms with E-state index >= 15 is 0 Å². The summed E-state index contributed by atoms with van der Waals surface area (Å²) in [5.74, 6) is 0.600. The molecule has 1 heterocycles. The number of nitrogens with one attached hydrogen (secondary N) is 1. The van der Waals surface area contributed by atoms with Gasteiger partial charge in [-0.3, -0.25) is 0 Å². The molecule has 1 aromatic carbocycles. The highest BCUT2D eigenvalue weighted by Crippen LogP contribution is 2.20. The second-order valence-electron chi connectivity index (χ2n) is 4.15. The van der Waals surface area contributed by atoms with Gasteiger partial charge in [-0.25, -0.2) is 9.97 Å². The minimum atomic E-state index is 0.231. The fourth-order valence-electron chi connectivity index (χ4n) is 1.92. The number of benzene rings is 1. The van der Waals surface area contributed by atoms with Crippen LogP contribution in [0.3, 0.4) is 0 Å². The number of methoxy groups -OCH3 is 1. The molecule has 0 amide bonds. The maximum atomic E-state index is 5.12. The third kappa shape index (κ3) is 3.87. The Morgan fingerprint density at radius 2 is 2.16 bits per heavy atom. The second-order valence-corrected chi connectivity index (χ2v) is 5.40. The van der Waals surface area contributed by atoms with Gasteiger partial charge in [0.2, 0.25) is 5.88 Å². The maximum Gasteiger partial charge on any atom is 0.216 e. The average Bonchev–Trinajstić information content (AvgIpc) is 2.45. The van der Waals surface area contributed by atoms with Crippen molar-refractivity contribution in [3.05, 3.63) is 51.5 Å². The molecule has 0 radical (unpaired) electrons. The molecule has 1 aromatic heterocycles. The van der Waals surface area contributed by atoms with Crippen LogP contribution < -0.4 is 10.1 Å². The van der Waals surface area contributed by atoms with Crippen LogP contribution in [0.25, 0.3) is 0 Å². The summed E-state index contributed by atoms with van der Waals surface area (Å²) in [5.41, 5.74) is 2.22. The molecule has 4 nitrogen and oxygen atoms in total. The molecule has 1 unspecified atom stereocenters.